The molecule has 0 atom stereocenters. The highest BCUT2D eigenvalue weighted by molar-refractivity contribution is 5.80. The molecular weight excluding hydrogens is 262 g/mol. The van der Waals surface area contributed by atoms with Crippen LogP contribution in [-0.4, -0.2) is 26.8 Å². The summed E-state index contributed by atoms with van der Waals surface area (Å²) in [4.78, 5) is 26.1. The number of carbonyl (C=O) groups excluding carboxylic acids is 1. The van der Waals surface area contributed by atoms with Crippen LogP contribution in [0.5, 0.6) is 0 Å². The van der Waals surface area contributed by atoms with Gasteiger partial charge in [0.1, 0.15) is 0 Å². The number of rotatable bonds is 5. The van der Waals surface area contributed by atoms with E-state index in [9.17, 15) is 14.9 Å². The number of pyridine rings is 1. The standard InChI is InChI=1S/C12H15N5O3/c1-12(2,11(13)18)7-14-9-10(17(19)20)16-6-4-3-5-8(16)15-9/h3-6,14H,7H2,1-2H3,(H2,13,18). The Labute approximate surface area is 114 Å². The Hall–Kier alpha value is -2.64. The van der Waals surface area contributed by atoms with Crippen molar-refractivity contribution in [2.45, 2.75) is 13.8 Å². The molecule has 2 aromatic rings. The first-order valence-electron chi connectivity index (χ1n) is 5.98. The lowest BCUT2D eigenvalue weighted by atomic mass is 9.93. The number of nitro groups is 1. The number of carbonyl (C=O) groups is 1. The number of anilines is 1. The molecule has 2 rings (SSSR count). The summed E-state index contributed by atoms with van der Waals surface area (Å²) in [6.07, 6.45) is 1.56. The minimum absolute atomic E-state index is 0.121. The summed E-state index contributed by atoms with van der Waals surface area (Å²) in [6, 6.07) is 5.08. The minimum Gasteiger partial charge on any atom is -0.369 e. The molecule has 0 aliphatic rings. The molecule has 0 bridgehead atoms. The van der Waals surface area contributed by atoms with E-state index in [1.165, 1.54) is 4.40 Å². The number of fused-ring (bicyclic) bond motifs is 1. The third-order valence-electron chi connectivity index (χ3n) is 3.04. The van der Waals surface area contributed by atoms with Crippen molar-refractivity contribution in [3.8, 4) is 0 Å². The van der Waals surface area contributed by atoms with Gasteiger partial charge in [0.25, 0.3) is 0 Å². The van der Waals surface area contributed by atoms with E-state index in [1.54, 1.807) is 38.2 Å². The van der Waals surface area contributed by atoms with E-state index in [4.69, 9.17) is 5.73 Å². The lowest BCUT2D eigenvalue weighted by molar-refractivity contribution is -0.389. The van der Waals surface area contributed by atoms with Gasteiger partial charge in [0.05, 0.1) is 11.6 Å². The molecule has 106 valence electrons. The molecule has 1 amide bonds. The molecule has 3 N–H and O–H groups in total. The maximum absolute atomic E-state index is 11.3. The fraction of sp³-hybridized carbons (Fsp3) is 0.333. The van der Waals surface area contributed by atoms with Crippen LogP contribution < -0.4 is 11.1 Å². The molecule has 8 nitrogen and oxygen atoms in total. The van der Waals surface area contributed by atoms with Crippen molar-refractivity contribution < 1.29 is 9.72 Å². The molecule has 0 radical (unpaired) electrons. The Balaban J connectivity index is 2.37. The predicted octanol–water partition coefficient (Wildman–Crippen LogP) is 1.17. The Kier molecular flexibility index (Phi) is 3.31. The first-order chi connectivity index (χ1) is 9.33. The van der Waals surface area contributed by atoms with Crippen LogP contribution in [0.4, 0.5) is 11.6 Å². The van der Waals surface area contributed by atoms with Gasteiger partial charge in [0.15, 0.2) is 0 Å². The number of hydrogen-bond donors (Lipinski definition) is 2. The first kappa shape index (κ1) is 13.8. The highest BCUT2D eigenvalue weighted by Gasteiger charge is 2.28. The largest absolute Gasteiger partial charge is 0.372 e. The van der Waals surface area contributed by atoms with E-state index >= 15 is 0 Å². The summed E-state index contributed by atoms with van der Waals surface area (Å²) in [5.41, 5.74) is 4.90. The summed E-state index contributed by atoms with van der Waals surface area (Å²) >= 11 is 0. The predicted molar refractivity (Wildman–Crippen MR) is 73.3 cm³/mol. The summed E-state index contributed by atoms with van der Waals surface area (Å²) < 4.78 is 1.37. The maximum Gasteiger partial charge on any atom is 0.372 e. The average molecular weight is 277 g/mol. The molecule has 0 saturated carbocycles. The number of nitrogens with one attached hydrogen (secondary N) is 1. The van der Waals surface area contributed by atoms with Gasteiger partial charge in [0.2, 0.25) is 17.4 Å². The summed E-state index contributed by atoms with van der Waals surface area (Å²) in [5.74, 6) is -0.534. The third kappa shape index (κ3) is 2.40. The Morgan fingerprint density at radius 3 is 2.85 bits per heavy atom. The Morgan fingerprint density at radius 2 is 2.25 bits per heavy atom. The smallest absolute Gasteiger partial charge is 0.369 e. The molecule has 0 aliphatic carbocycles. The number of nitrogens with zero attached hydrogens (tertiary/aromatic N) is 3. The number of aromatic nitrogens is 2. The fourth-order valence-electron chi connectivity index (χ4n) is 1.67. The number of primary amides is 1. The van der Waals surface area contributed by atoms with Crippen LogP contribution in [0, 0.1) is 15.5 Å². The van der Waals surface area contributed by atoms with Gasteiger partial charge < -0.3 is 21.2 Å². The highest BCUT2D eigenvalue weighted by atomic mass is 16.6. The van der Waals surface area contributed by atoms with Crippen LogP contribution >= 0.6 is 0 Å². The van der Waals surface area contributed by atoms with Gasteiger partial charge >= 0.3 is 5.82 Å². The van der Waals surface area contributed by atoms with E-state index in [2.05, 4.69) is 10.3 Å². The zero-order chi connectivity index (χ0) is 14.9. The van der Waals surface area contributed by atoms with Crippen LogP contribution in [0.2, 0.25) is 0 Å². The molecule has 0 saturated heterocycles. The van der Waals surface area contributed by atoms with Crippen molar-refractivity contribution in [3.63, 3.8) is 0 Å². The van der Waals surface area contributed by atoms with Crippen molar-refractivity contribution in [3.05, 3.63) is 34.5 Å². The lowest BCUT2D eigenvalue weighted by Gasteiger charge is -2.20. The highest BCUT2D eigenvalue weighted by Crippen LogP contribution is 2.26. The number of hydrogen-bond acceptors (Lipinski definition) is 5. The number of nitrogens with two attached hydrogens (primary N) is 1. The molecule has 8 heteroatoms. The molecular formula is C12H15N5O3. The van der Waals surface area contributed by atoms with Crippen molar-refractivity contribution in [1.82, 2.24) is 9.38 Å². The van der Waals surface area contributed by atoms with Crippen LogP contribution in [0.3, 0.4) is 0 Å². The van der Waals surface area contributed by atoms with Gasteiger partial charge in [-0.05, 0) is 24.8 Å². The summed E-state index contributed by atoms with van der Waals surface area (Å²) in [5, 5.41) is 14.0. The molecule has 0 unspecified atom stereocenters. The van der Waals surface area contributed by atoms with Crippen molar-refractivity contribution in [2.75, 3.05) is 11.9 Å². The summed E-state index contributed by atoms with van der Waals surface area (Å²) in [6.45, 7) is 3.47. The zero-order valence-corrected chi connectivity index (χ0v) is 11.2. The molecule has 0 fully saturated rings. The summed E-state index contributed by atoms with van der Waals surface area (Å²) in [7, 11) is 0. The second-order valence-corrected chi connectivity index (χ2v) is 5.07. The lowest BCUT2D eigenvalue weighted by Crippen LogP contribution is -2.37. The first-order valence-corrected chi connectivity index (χ1v) is 5.98. The van der Waals surface area contributed by atoms with E-state index in [1.807, 2.05) is 0 Å². The van der Waals surface area contributed by atoms with Crippen LogP contribution in [-0.2, 0) is 4.79 Å². The maximum atomic E-state index is 11.3. The normalized spacial score (nSPS) is 11.5. The molecule has 0 aromatic carbocycles. The quantitative estimate of drug-likeness (QED) is 0.628. The SMILES string of the molecule is CC(C)(CNc1nc2ccccn2c1[N+](=O)[O-])C(N)=O. The van der Waals surface area contributed by atoms with E-state index in [-0.39, 0.29) is 18.2 Å². The van der Waals surface area contributed by atoms with Crippen molar-refractivity contribution >= 4 is 23.2 Å². The van der Waals surface area contributed by atoms with Gasteiger partial charge in [0, 0.05) is 12.6 Å². The van der Waals surface area contributed by atoms with Gasteiger partial charge in [-0.15, -0.1) is 0 Å². The topological polar surface area (TPSA) is 116 Å². The molecule has 2 aromatic heterocycles. The monoisotopic (exact) mass is 277 g/mol. The van der Waals surface area contributed by atoms with Crippen molar-refractivity contribution in [1.29, 1.82) is 0 Å². The van der Waals surface area contributed by atoms with E-state index in [0.717, 1.165) is 0 Å². The number of amides is 1. The third-order valence-corrected chi connectivity index (χ3v) is 3.04. The zero-order valence-electron chi connectivity index (χ0n) is 11.2. The fourth-order valence-corrected chi connectivity index (χ4v) is 1.67. The minimum atomic E-state index is -0.830. The average Bonchev–Trinajstić information content (AvgIpc) is 2.74. The van der Waals surface area contributed by atoms with Gasteiger partial charge in [-0.25, -0.2) is 0 Å². The molecule has 2 heterocycles. The van der Waals surface area contributed by atoms with E-state index in [0.29, 0.717) is 5.65 Å². The van der Waals surface area contributed by atoms with Crippen LogP contribution in [0.1, 0.15) is 13.8 Å². The number of imidazole rings is 1. The van der Waals surface area contributed by atoms with Crippen LogP contribution in [0.25, 0.3) is 5.65 Å². The van der Waals surface area contributed by atoms with Gasteiger partial charge in [-0.1, -0.05) is 6.07 Å². The Morgan fingerprint density at radius 1 is 1.55 bits per heavy atom. The molecule has 0 aliphatic heterocycles. The van der Waals surface area contributed by atoms with Crippen molar-refractivity contribution in [2.24, 2.45) is 11.1 Å². The van der Waals surface area contributed by atoms with Gasteiger partial charge in [-0.3, -0.25) is 4.79 Å². The van der Waals surface area contributed by atoms with Crippen LogP contribution in [0.15, 0.2) is 24.4 Å². The molecule has 0 spiro atoms. The second-order valence-electron chi connectivity index (χ2n) is 5.07. The second kappa shape index (κ2) is 4.80. The molecule has 20 heavy (non-hydrogen) atoms. The Bertz CT molecular complexity index is 677. The van der Waals surface area contributed by atoms with Gasteiger partial charge in [-0.2, -0.15) is 9.38 Å². The van der Waals surface area contributed by atoms with E-state index < -0.39 is 16.2 Å².